The Morgan fingerprint density at radius 1 is 0.642 bits per heavy atom. The smallest absolute Gasteiger partial charge is 0.462 e. The van der Waals surface area contributed by atoms with Crippen LogP contribution in [-0.2, 0) is 32.7 Å². The highest BCUT2D eigenvalue weighted by Gasteiger charge is 2.27. The summed E-state index contributed by atoms with van der Waals surface area (Å²) in [6.45, 7) is 5.88. The number of allylic oxidation sites excluding steroid dienone is 5. The van der Waals surface area contributed by atoms with Crippen LogP contribution in [0.3, 0.4) is 0 Å². The van der Waals surface area contributed by atoms with Gasteiger partial charge in [0.1, 0.15) is 19.8 Å². The molecule has 1 N–H and O–H groups in total. The van der Waals surface area contributed by atoms with Crippen molar-refractivity contribution in [2.75, 3.05) is 47.5 Å². The molecule has 0 bridgehead atoms. The summed E-state index contributed by atoms with van der Waals surface area (Å²) in [6, 6.07) is 0. The lowest BCUT2D eigenvalue weighted by molar-refractivity contribution is -0.870. The number of carbonyl (C=O) groups is 2. The number of esters is 2. The van der Waals surface area contributed by atoms with E-state index in [-0.39, 0.29) is 32.0 Å². The fourth-order valence-corrected chi connectivity index (χ4v) is 6.40. The van der Waals surface area contributed by atoms with Crippen molar-refractivity contribution in [3.05, 3.63) is 37.0 Å². The number of phosphoric ester groups is 1. The van der Waals surface area contributed by atoms with Crippen molar-refractivity contribution >= 4 is 19.8 Å². The highest BCUT2D eigenvalue weighted by atomic mass is 31.2. The van der Waals surface area contributed by atoms with Crippen LogP contribution < -0.4 is 0 Å². The number of rotatable bonds is 39. The first kappa shape index (κ1) is 51.2. The van der Waals surface area contributed by atoms with E-state index in [0.29, 0.717) is 17.4 Å². The molecule has 0 aliphatic carbocycles. The molecule has 0 fully saturated rings. The first-order chi connectivity index (χ1) is 25.5. The van der Waals surface area contributed by atoms with Crippen LogP contribution in [0.15, 0.2) is 37.0 Å². The molecule has 1 unspecified atom stereocenters. The molecule has 0 heterocycles. The third-order valence-corrected chi connectivity index (χ3v) is 10.0. The minimum atomic E-state index is -4.37. The fourth-order valence-electron chi connectivity index (χ4n) is 5.66. The van der Waals surface area contributed by atoms with Crippen LogP contribution >= 0.6 is 7.82 Å². The second-order valence-corrected chi connectivity index (χ2v) is 16.9. The molecule has 0 spiro atoms. The van der Waals surface area contributed by atoms with Gasteiger partial charge in [-0.3, -0.25) is 18.6 Å². The van der Waals surface area contributed by atoms with E-state index in [4.69, 9.17) is 18.5 Å². The quantitative estimate of drug-likeness (QED) is 0.0216. The minimum absolute atomic E-state index is 0.0287. The van der Waals surface area contributed by atoms with E-state index in [1.165, 1.54) is 77.0 Å². The Bertz CT molecular complexity index is 993. The number of ether oxygens (including phenoxy) is 2. The van der Waals surface area contributed by atoms with Crippen LogP contribution in [0.1, 0.15) is 174 Å². The topological polar surface area (TPSA) is 108 Å². The average molecular weight is 771 g/mol. The summed E-state index contributed by atoms with van der Waals surface area (Å²) in [4.78, 5) is 35.3. The van der Waals surface area contributed by atoms with E-state index in [0.717, 1.165) is 70.6 Å². The van der Waals surface area contributed by atoms with Gasteiger partial charge in [0.15, 0.2) is 6.10 Å². The van der Waals surface area contributed by atoms with Gasteiger partial charge in [-0.25, -0.2) is 4.57 Å². The van der Waals surface area contributed by atoms with E-state index in [1.54, 1.807) is 0 Å². The third kappa shape index (κ3) is 39.7. The lowest BCUT2D eigenvalue weighted by atomic mass is 10.0. The van der Waals surface area contributed by atoms with Gasteiger partial charge in [-0.1, -0.05) is 140 Å². The molecule has 0 saturated carbocycles. The van der Waals surface area contributed by atoms with Crippen LogP contribution in [0.2, 0.25) is 0 Å². The lowest BCUT2D eigenvalue weighted by Gasteiger charge is -2.24. The molecule has 0 radical (unpaired) electrons. The lowest BCUT2D eigenvalue weighted by Crippen LogP contribution is -2.37. The average Bonchev–Trinajstić information content (AvgIpc) is 3.10. The van der Waals surface area contributed by atoms with Gasteiger partial charge in [-0.15, -0.1) is 6.58 Å². The van der Waals surface area contributed by atoms with Crippen molar-refractivity contribution in [1.29, 1.82) is 0 Å². The summed E-state index contributed by atoms with van der Waals surface area (Å²) in [7, 11) is 1.46. The molecule has 0 saturated heterocycles. The molecule has 310 valence electrons. The molecular weight excluding hydrogens is 689 g/mol. The standard InChI is InChI=1S/C43H80NO8P/c1-6-8-10-12-14-16-18-20-22-24-26-28-30-32-34-36-43(46)52-41(40-51-53(47,48)50-38-37-44(3,4)5)39-49-42(45)35-33-31-29-27-25-23-21-19-17-15-13-11-9-7-2/h6,13,15,19,21,41H,1,7-12,14,16-18,20,22-40H2,2-5H3/p+1/b15-13+,21-19+/t41-/m1/s1. The van der Waals surface area contributed by atoms with Crippen LogP contribution in [0.25, 0.3) is 0 Å². The maximum atomic E-state index is 12.7. The molecule has 0 aliphatic rings. The fraction of sp³-hybridized carbons (Fsp3) is 0.814. The predicted octanol–water partition coefficient (Wildman–Crippen LogP) is 11.7. The number of carbonyl (C=O) groups excluding carboxylic acids is 2. The van der Waals surface area contributed by atoms with Crippen LogP contribution in [0.5, 0.6) is 0 Å². The van der Waals surface area contributed by atoms with Crippen LogP contribution in [0.4, 0.5) is 0 Å². The molecule has 53 heavy (non-hydrogen) atoms. The van der Waals surface area contributed by atoms with E-state index in [1.807, 2.05) is 27.2 Å². The van der Waals surface area contributed by atoms with E-state index >= 15 is 0 Å². The first-order valence-corrected chi connectivity index (χ1v) is 22.7. The summed E-state index contributed by atoms with van der Waals surface area (Å²) in [5.74, 6) is -0.817. The van der Waals surface area contributed by atoms with Gasteiger partial charge in [-0.05, 0) is 51.4 Å². The van der Waals surface area contributed by atoms with Gasteiger partial charge in [0.2, 0.25) is 0 Å². The third-order valence-electron chi connectivity index (χ3n) is 9.04. The Morgan fingerprint density at radius 2 is 1.11 bits per heavy atom. The normalized spacial score (nSPS) is 13.8. The van der Waals surface area contributed by atoms with Gasteiger partial charge in [0.25, 0.3) is 0 Å². The number of quaternary nitrogens is 1. The SMILES string of the molecule is C=CCCCCCCCCCCCCCCCC(=O)O[C@H](COC(=O)CCCCCCC/C=C/C/C=C/CCCC)COP(=O)(O)OCC[N+](C)(C)C. The first-order valence-electron chi connectivity index (χ1n) is 21.2. The van der Waals surface area contributed by atoms with Crippen molar-refractivity contribution in [1.82, 2.24) is 0 Å². The second kappa shape index (κ2) is 35.9. The molecule has 10 heteroatoms. The molecule has 0 rings (SSSR count). The number of hydrogen-bond acceptors (Lipinski definition) is 7. The van der Waals surface area contributed by atoms with Crippen LogP contribution in [0, 0.1) is 0 Å². The Kier molecular flexibility index (Phi) is 34.7. The summed E-state index contributed by atoms with van der Waals surface area (Å²) in [6.07, 6.45) is 37.9. The summed E-state index contributed by atoms with van der Waals surface area (Å²) in [5.41, 5.74) is 0. The summed E-state index contributed by atoms with van der Waals surface area (Å²) < 4.78 is 34.2. The van der Waals surface area contributed by atoms with Gasteiger partial charge in [0, 0.05) is 12.8 Å². The molecule has 9 nitrogen and oxygen atoms in total. The second-order valence-electron chi connectivity index (χ2n) is 15.5. The minimum Gasteiger partial charge on any atom is -0.462 e. The number of unbranched alkanes of at least 4 members (excludes halogenated alkanes) is 20. The highest BCUT2D eigenvalue weighted by molar-refractivity contribution is 7.47. The van der Waals surface area contributed by atoms with Crippen molar-refractivity contribution in [2.24, 2.45) is 0 Å². The summed E-state index contributed by atoms with van der Waals surface area (Å²) in [5, 5.41) is 0. The zero-order valence-electron chi connectivity index (χ0n) is 34.6. The summed E-state index contributed by atoms with van der Waals surface area (Å²) >= 11 is 0. The van der Waals surface area contributed by atoms with Crippen LogP contribution in [-0.4, -0.2) is 74.9 Å². The molecule has 0 aromatic carbocycles. The van der Waals surface area contributed by atoms with Crippen molar-refractivity contribution in [2.45, 2.75) is 180 Å². The van der Waals surface area contributed by atoms with E-state index < -0.39 is 26.5 Å². The van der Waals surface area contributed by atoms with Gasteiger partial charge >= 0.3 is 19.8 Å². The van der Waals surface area contributed by atoms with Gasteiger partial charge in [-0.2, -0.15) is 0 Å². The molecule has 0 aromatic rings. The largest absolute Gasteiger partial charge is 0.472 e. The van der Waals surface area contributed by atoms with Gasteiger partial charge in [0.05, 0.1) is 27.7 Å². The van der Waals surface area contributed by atoms with Gasteiger partial charge < -0.3 is 18.9 Å². The molecule has 0 aromatic heterocycles. The zero-order chi connectivity index (χ0) is 39.3. The van der Waals surface area contributed by atoms with Crippen molar-refractivity contribution in [3.8, 4) is 0 Å². The molecule has 0 amide bonds. The number of hydrogen-bond donors (Lipinski definition) is 1. The van der Waals surface area contributed by atoms with Crippen molar-refractivity contribution < 1.29 is 42.1 Å². The Hall–Kier alpha value is -1.77. The zero-order valence-corrected chi connectivity index (χ0v) is 35.5. The highest BCUT2D eigenvalue weighted by Crippen LogP contribution is 2.43. The maximum Gasteiger partial charge on any atom is 0.472 e. The van der Waals surface area contributed by atoms with E-state index in [9.17, 15) is 19.0 Å². The Balaban J connectivity index is 4.38. The molecular formula is C43H81NO8P+. The number of likely N-dealkylation sites (N-methyl/N-ethyl adjacent to an activating group) is 1. The Labute approximate surface area is 325 Å². The predicted molar refractivity (Wildman–Crippen MR) is 220 cm³/mol. The van der Waals surface area contributed by atoms with E-state index in [2.05, 4.69) is 37.8 Å². The number of phosphoric acid groups is 1. The van der Waals surface area contributed by atoms with Crippen molar-refractivity contribution in [3.63, 3.8) is 0 Å². The number of nitrogens with zero attached hydrogens (tertiary/aromatic N) is 1. The Morgan fingerprint density at radius 3 is 1.62 bits per heavy atom. The molecule has 2 atom stereocenters. The maximum absolute atomic E-state index is 12.7. The molecule has 0 aliphatic heterocycles. The monoisotopic (exact) mass is 771 g/mol.